The summed E-state index contributed by atoms with van der Waals surface area (Å²) in [5.74, 6) is 0.505. The van der Waals surface area contributed by atoms with Crippen LogP contribution in [0.3, 0.4) is 0 Å². The van der Waals surface area contributed by atoms with E-state index in [9.17, 15) is 4.79 Å². The van der Waals surface area contributed by atoms with Crippen LogP contribution in [0, 0.1) is 0 Å². The van der Waals surface area contributed by atoms with Crippen molar-refractivity contribution in [2.45, 2.75) is 38.5 Å². The van der Waals surface area contributed by atoms with E-state index in [0.29, 0.717) is 5.75 Å². The van der Waals surface area contributed by atoms with Gasteiger partial charge in [-0.05, 0) is 75.0 Å². The zero-order valence-corrected chi connectivity index (χ0v) is 22.6. The largest absolute Gasteiger partial charge is 0.483 e. The molecule has 198 valence electrons. The number of likely N-dealkylation sites (tertiary alicyclic amines) is 1. The lowest BCUT2D eigenvalue weighted by molar-refractivity contribution is -0.122. The number of nitrogens with zero attached hydrogens (tertiary/aromatic N) is 3. The molecule has 2 fully saturated rings. The fourth-order valence-electron chi connectivity index (χ4n) is 4.58. The van der Waals surface area contributed by atoms with Gasteiger partial charge in [0, 0.05) is 50.4 Å². The Labute approximate surface area is 225 Å². The normalized spacial score (nSPS) is 16.1. The van der Waals surface area contributed by atoms with Gasteiger partial charge in [-0.2, -0.15) is 0 Å². The lowest BCUT2D eigenvalue weighted by Gasteiger charge is -2.25. The van der Waals surface area contributed by atoms with Gasteiger partial charge < -0.3 is 19.7 Å². The van der Waals surface area contributed by atoms with E-state index in [1.165, 1.54) is 63.7 Å². The molecule has 0 radical (unpaired) electrons. The number of benzene rings is 2. The molecule has 2 saturated heterocycles. The predicted molar refractivity (Wildman–Crippen MR) is 154 cm³/mol. The molecule has 7 nitrogen and oxygen atoms in total. The average molecular weight is 522 g/mol. The number of anilines is 1. The molecule has 1 aromatic heterocycles. The van der Waals surface area contributed by atoms with Crippen molar-refractivity contribution in [3.63, 3.8) is 0 Å². The summed E-state index contributed by atoms with van der Waals surface area (Å²) in [6, 6.07) is 18.4. The molecule has 2 aromatic carbocycles. The summed E-state index contributed by atoms with van der Waals surface area (Å²) in [5, 5.41) is 3.44. The van der Waals surface area contributed by atoms with Crippen molar-refractivity contribution in [2.24, 2.45) is 0 Å². The molecule has 37 heavy (non-hydrogen) atoms. The van der Waals surface area contributed by atoms with E-state index < -0.39 is 0 Å². The molecule has 0 bridgehead atoms. The Hall–Kier alpha value is -2.81. The summed E-state index contributed by atoms with van der Waals surface area (Å²) in [6.07, 6.45) is 9.59. The molecule has 0 saturated carbocycles. The van der Waals surface area contributed by atoms with E-state index in [2.05, 4.69) is 54.6 Å². The van der Waals surface area contributed by atoms with Gasteiger partial charge in [-0.25, -0.2) is 4.31 Å². The highest BCUT2D eigenvalue weighted by atomic mass is 32.2. The van der Waals surface area contributed by atoms with Gasteiger partial charge in [-0.1, -0.05) is 36.8 Å². The number of nitrogens with one attached hydrogen (secondary N) is 2. The number of pyridine rings is 1. The van der Waals surface area contributed by atoms with Gasteiger partial charge >= 0.3 is 0 Å². The summed E-state index contributed by atoms with van der Waals surface area (Å²) < 4.78 is 11.4. The quantitative estimate of drug-likeness (QED) is 0.378. The molecule has 3 heterocycles. The Bertz CT molecular complexity index is 1100. The molecule has 8 heteroatoms. The second-order valence-electron chi connectivity index (χ2n) is 9.44. The van der Waals surface area contributed by atoms with Crippen LogP contribution in [-0.2, 0) is 11.2 Å². The molecule has 2 aliphatic heterocycles. The number of piperidine rings is 1. The Morgan fingerprint density at radius 1 is 0.946 bits per heavy atom. The number of hydrogen-bond acceptors (Lipinski definition) is 7. The smallest absolute Gasteiger partial charge is 0.257 e. The fourth-order valence-corrected chi connectivity index (χ4v) is 5.41. The summed E-state index contributed by atoms with van der Waals surface area (Å²) in [5.41, 5.74) is 3.26. The summed E-state index contributed by atoms with van der Waals surface area (Å²) in [6.45, 7) is 6.08. The number of fused-ring (bicyclic) bond motifs is 1. The van der Waals surface area contributed by atoms with E-state index in [4.69, 9.17) is 4.74 Å². The number of ether oxygens (including phenoxy) is 1. The number of likely N-dealkylation sites (N-methyl/N-ethyl adjacent to an activating group) is 1. The number of amides is 1. The van der Waals surface area contributed by atoms with Crippen LogP contribution in [0.4, 0.5) is 5.69 Å². The van der Waals surface area contributed by atoms with Crippen LogP contribution in [0.1, 0.15) is 37.7 Å². The van der Waals surface area contributed by atoms with Crippen molar-refractivity contribution < 1.29 is 9.53 Å². The first kappa shape index (κ1) is 27.2. The van der Waals surface area contributed by atoms with Crippen LogP contribution in [0.5, 0.6) is 5.75 Å². The highest BCUT2D eigenvalue weighted by molar-refractivity contribution is 7.98. The van der Waals surface area contributed by atoms with E-state index >= 15 is 0 Å². The first-order chi connectivity index (χ1) is 18.2. The minimum absolute atomic E-state index is 0.00417. The monoisotopic (exact) mass is 521 g/mol. The van der Waals surface area contributed by atoms with Crippen LogP contribution in [0.15, 0.2) is 60.8 Å². The molecule has 3 aromatic rings. The van der Waals surface area contributed by atoms with Gasteiger partial charge in [-0.3, -0.25) is 9.78 Å². The zero-order valence-electron chi connectivity index (χ0n) is 21.8. The number of carbonyl (C=O) groups excluding carboxylic acids is 1. The van der Waals surface area contributed by atoms with Gasteiger partial charge in [0.1, 0.15) is 5.75 Å². The van der Waals surface area contributed by atoms with Crippen molar-refractivity contribution in [3.8, 4) is 5.75 Å². The van der Waals surface area contributed by atoms with Crippen LogP contribution < -0.4 is 14.8 Å². The minimum atomic E-state index is -0.158. The average Bonchev–Trinajstić information content (AvgIpc) is 3.49. The number of hydrogen-bond donors (Lipinski definition) is 2. The van der Waals surface area contributed by atoms with E-state index in [-0.39, 0.29) is 12.5 Å². The topological polar surface area (TPSA) is 69.7 Å². The summed E-state index contributed by atoms with van der Waals surface area (Å²) in [7, 11) is 1.59. The van der Waals surface area contributed by atoms with Crippen LogP contribution in [0.25, 0.3) is 10.9 Å². The maximum Gasteiger partial charge on any atom is 0.257 e. The maximum atomic E-state index is 11.4. The Morgan fingerprint density at radius 2 is 1.70 bits per heavy atom. The van der Waals surface area contributed by atoms with Gasteiger partial charge in [0.05, 0.1) is 11.2 Å². The second-order valence-corrected chi connectivity index (χ2v) is 10.3. The molecule has 5 rings (SSSR count). The lowest BCUT2D eigenvalue weighted by Crippen LogP contribution is -2.25. The van der Waals surface area contributed by atoms with Gasteiger partial charge in [0.15, 0.2) is 6.61 Å². The minimum Gasteiger partial charge on any atom is -0.483 e. The molecule has 2 N–H and O–H groups in total. The predicted octanol–water partition coefficient (Wildman–Crippen LogP) is 5.15. The van der Waals surface area contributed by atoms with Gasteiger partial charge in [-0.15, -0.1) is 0 Å². The fraction of sp³-hybridized carbons (Fsp3) is 0.448. The molecule has 0 atom stereocenters. The molecule has 0 unspecified atom stereocenters. The van der Waals surface area contributed by atoms with Crippen LogP contribution >= 0.6 is 12.1 Å². The van der Waals surface area contributed by atoms with Gasteiger partial charge in [0.2, 0.25) is 0 Å². The first-order valence-electron chi connectivity index (χ1n) is 13.4. The van der Waals surface area contributed by atoms with Crippen molar-refractivity contribution in [1.82, 2.24) is 19.5 Å². The molecular weight excluding hydrogens is 482 g/mol. The number of carbonyl (C=O) groups is 1. The third-order valence-electron chi connectivity index (χ3n) is 6.73. The lowest BCUT2D eigenvalue weighted by atomic mass is 10.1. The first-order valence-corrected chi connectivity index (χ1v) is 14.2. The van der Waals surface area contributed by atoms with Crippen molar-refractivity contribution >= 4 is 34.6 Å². The van der Waals surface area contributed by atoms with E-state index in [0.717, 1.165) is 29.7 Å². The van der Waals surface area contributed by atoms with Crippen molar-refractivity contribution in [1.29, 1.82) is 0 Å². The number of aromatic nitrogens is 1. The Morgan fingerprint density at radius 3 is 2.46 bits per heavy atom. The third-order valence-corrected chi connectivity index (χ3v) is 7.66. The zero-order chi connectivity index (χ0) is 25.7. The Balaban J connectivity index is 0.000000207. The molecule has 0 aliphatic carbocycles. The third kappa shape index (κ3) is 8.62. The van der Waals surface area contributed by atoms with E-state index in [1.807, 2.05) is 24.3 Å². The highest BCUT2D eigenvalue weighted by Gasteiger charge is 2.14. The highest BCUT2D eigenvalue weighted by Crippen LogP contribution is 2.32. The SMILES string of the molecule is CNC(=O)COc1ccc(NSN2CCCCC2)c2ncccc12.c1ccc(CCN2CCCC2)cc1. The maximum absolute atomic E-state index is 11.4. The van der Waals surface area contributed by atoms with Gasteiger partial charge in [0.25, 0.3) is 5.91 Å². The molecular formula is C29H39N5O2S. The standard InChI is InChI=1S/C17H22N4O2S.C12H17N/c1-18-16(22)12-23-15-8-7-14(17-13(15)6-5-9-19-17)20-24-21-10-3-2-4-11-21;1-2-6-12(7-3-1)8-11-13-9-4-5-10-13/h5-9,20H,2-4,10-12H2,1H3,(H,18,22);1-3,6-7H,4-5,8-11H2. The molecule has 2 aliphatic rings. The van der Waals surface area contributed by atoms with E-state index in [1.54, 1.807) is 25.4 Å². The van der Waals surface area contributed by atoms with Crippen molar-refractivity contribution in [2.75, 3.05) is 51.1 Å². The second kappa shape index (κ2) is 14.8. The Kier molecular flexibility index (Phi) is 10.9. The van der Waals surface area contributed by atoms with Crippen molar-refractivity contribution in [3.05, 3.63) is 66.4 Å². The number of rotatable bonds is 9. The van der Waals surface area contributed by atoms with Crippen LogP contribution in [0.2, 0.25) is 0 Å². The molecule has 1 amide bonds. The summed E-state index contributed by atoms with van der Waals surface area (Å²) >= 11 is 1.63. The molecule has 0 spiro atoms. The van der Waals surface area contributed by atoms with Crippen LogP contribution in [-0.4, -0.2) is 66.5 Å². The summed E-state index contributed by atoms with van der Waals surface area (Å²) in [4.78, 5) is 18.4.